The van der Waals surface area contributed by atoms with Gasteiger partial charge < -0.3 is 5.32 Å². The summed E-state index contributed by atoms with van der Waals surface area (Å²) in [4.78, 5) is 0. The summed E-state index contributed by atoms with van der Waals surface area (Å²) in [6, 6.07) is 0. The van der Waals surface area contributed by atoms with Gasteiger partial charge in [-0.15, -0.1) is 0 Å². The fourth-order valence-electron chi connectivity index (χ4n) is 1.42. The zero-order chi connectivity index (χ0) is 10.7. The average Bonchev–Trinajstić information content (AvgIpc) is 2.83. The first-order valence-corrected chi connectivity index (χ1v) is 5.87. The van der Waals surface area contributed by atoms with Crippen LogP contribution in [0, 0.1) is 5.41 Å². The highest BCUT2D eigenvalue weighted by Crippen LogP contribution is 2.47. The van der Waals surface area contributed by atoms with Crippen molar-refractivity contribution in [3.05, 3.63) is 0 Å². The molecule has 5 heteroatoms. The van der Waals surface area contributed by atoms with Gasteiger partial charge in [-0.3, -0.25) is 0 Å². The molecule has 1 fully saturated rings. The van der Waals surface area contributed by atoms with E-state index in [1.807, 2.05) is 0 Å². The largest absolute Gasteiger partial charge is 0.441 e. The fourth-order valence-corrected chi connectivity index (χ4v) is 1.90. The van der Waals surface area contributed by atoms with E-state index in [1.54, 1.807) is 0 Å². The molecule has 1 aliphatic rings. The molecule has 14 heavy (non-hydrogen) atoms. The molecule has 84 valence electrons. The first kappa shape index (κ1) is 12.2. The van der Waals surface area contributed by atoms with Gasteiger partial charge >= 0.3 is 5.51 Å². The zero-order valence-electron chi connectivity index (χ0n) is 8.28. The SMILES string of the molecule is CCC1(CNCCSC(F)(F)F)CC1. The molecule has 0 aromatic carbocycles. The Morgan fingerprint density at radius 1 is 1.36 bits per heavy atom. The van der Waals surface area contributed by atoms with Crippen LogP contribution in [0.2, 0.25) is 0 Å². The van der Waals surface area contributed by atoms with Crippen LogP contribution < -0.4 is 5.32 Å². The third kappa shape index (κ3) is 4.55. The van der Waals surface area contributed by atoms with E-state index in [-0.39, 0.29) is 17.5 Å². The molecule has 0 spiro atoms. The summed E-state index contributed by atoms with van der Waals surface area (Å²) in [6.45, 7) is 3.47. The van der Waals surface area contributed by atoms with Crippen LogP contribution in [-0.4, -0.2) is 24.4 Å². The second-order valence-corrected chi connectivity index (χ2v) is 4.98. The van der Waals surface area contributed by atoms with Gasteiger partial charge in [0.05, 0.1) is 0 Å². The number of alkyl halides is 3. The van der Waals surface area contributed by atoms with Crippen LogP contribution in [0.25, 0.3) is 0 Å². The van der Waals surface area contributed by atoms with Gasteiger partial charge in [-0.05, 0) is 36.4 Å². The lowest BCUT2D eigenvalue weighted by Gasteiger charge is -2.13. The van der Waals surface area contributed by atoms with Crippen molar-refractivity contribution in [2.45, 2.75) is 31.7 Å². The first-order valence-electron chi connectivity index (χ1n) is 4.89. The predicted molar refractivity (Wildman–Crippen MR) is 53.3 cm³/mol. The third-order valence-corrected chi connectivity index (χ3v) is 3.49. The van der Waals surface area contributed by atoms with Crippen molar-refractivity contribution >= 4 is 11.8 Å². The molecule has 1 saturated carbocycles. The first-order chi connectivity index (χ1) is 6.47. The Labute approximate surface area is 86.8 Å². The Bertz CT molecular complexity index is 177. The minimum Gasteiger partial charge on any atom is -0.315 e. The van der Waals surface area contributed by atoms with E-state index in [0.29, 0.717) is 12.0 Å². The van der Waals surface area contributed by atoms with Gasteiger partial charge in [0, 0.05) is 18.8 Å². The van der Waals surface area contributed by atoms with Gasteiger partial charge in [-0.2, -0.15) is 13.2 Å². The van der Waals surface area contributed by atoms with E-state index >= 15 is 0 Å². The van der Waals surface area contributed by atoms with E-state index in [4.69, 9.17) is 0 Å². The molecule has 0 unspecified atom stereocenters. The van der Waals surface area contributed by atoms with E-state index in [1.165, 1.54) is 12.8 Å². The highest BCUT2D eigenvalue weighted by Gasteiger charge is 2.39. The average molecular weight is 227 g/mol. The van der Waals surface area contributed by atoms with Gasteiger partial charge in [0.25, 0.3) is 0 Å². The fraction of sp³-hybridized carbons (Fsp3) is 1.00. The van der Waals surface area contributed by atoms with Crippen molar-refractivity contribution < 1.29 is 13.2 Å². The lowest BCUT2D eigenvalue weighted by atomic mass is 10.0. The molecular weight excluding hydrogens is 211 g/mol. The molecule has 0 atom stereocenters. The van der Waals surface area contributed by atoms with Crippen LogP contribution >= 0.6 is 11.8 Å². The molecule has 0 aromatic heterocycles. The van der Waals surface area contributed by atoms with Gasteiger partial charge in [0.15, 0.2) is 0 Å². The van der Waals surface area contributed by atoms with Crippen LogP contribution in [0.1, 0.15) is 26.2 Å². The van der Waals surface area contributed by atoms with Gasteiger partial charge in [0.1, 0.15) is 0 Å². The quantitative estimate of drug-likeness (QED) is 0.700. The minimum atomic E-state index is -4.08. The number of rotatable bonds is 6. The lowest BCUT2D eigenvalue weighted by Crippen LogP contribution is -2.26. The smallest absolute Gasteiger partial charge is 0.315 e. The Morgan fingerprint density at radius 3 is 2.43 bits per heavy atom. The summed E-state index contributed by atoms with van der Waals surface area (Å²) in [5.74, 6) is 0.114. The summed E-state index contributed by atoms with van der Waals surface area (Å²) >= 11 is 0.0497. The topological polar surface area (TPSA) is 12.0 Å². The Hall–Kier alpha value is 0.100. The minimum absolute atomic E-state index is 0.0497. The molecule has 0 amide bonds. The monoisotopic (exact) mass is 227 g/mol. The lowest BCUT2D eigenvalue weighted by molar-refractivity contribution is -0.0327. The van der Waals surface area contributed by atoms with Crippen LogP contribution in [0.3, 0.4) is 0 Å². The maximum absolute atomic E-state index is 11.7. The standard InChI is InChI=1S/C9H16F3NS/c1-2-8(3-4-8)7-13-5-6-14-9(10,11)12/h13H,2-7H2,1H3. The number of nitrogens with one attached hydrogen (secondary N) is 1. The summed E-state index contributed by atoms with van der Waals surface area (Å²) < 4.78 is 35.2. The van der Waals surface area contributed by atoms with Crippen LogP contribution in [-0.2, 0) is 0 Å². The molecule has 0 bridgehead atoms. The normalized spacial score (nSPS) is 19.7. The van der Waals surface area contributed by atoms with Crippen molar-refractivity contribution in [3.8, 4) is 0 Å². The molecule has 0 heterocycles. The summed E-state index contributed by atoms with van der Waals surface area (Å²) in [7, 11) is 0. The molecule has 0 aromatic rings. The van der Waals surface area contributed by atoms with E-state index in [2.05, 4.69) is 12.2 Å². The second-order valence-electron chi connectivity index (χ2n) is 3.82. The number of hydrogen-bond donors (Lipinski definition) is 1. The van der Waals surface area contributed by atoms with Gasteiger partial charge in [0.2, 0.25) is 0 Å². The second kappa shape index (κ2) is 4.75. The third-order valence-electron chi connectivity index (χ3n) is 2.75. The van der Waals surface area contributed by atoms with Gasteiger partial charge in [-0.25, -0.2) is 0 Å². The Balaban J connectivity index is 1.95. The number of thioether (sulfide) groups is 1. The molecule has 0 radical (unpaired) electrons. The van der Waals surface area contributed by atoms with Crippen molar-refractivity contribution in [2.24, 2.45) is 5.41 Å². The molecular formula is C9H16F3NS. The van der Waals surface area contributed by atoms with E-state index in [9.17, 15) is 13.2 Å². The number of hydrogen-bond acceptors (Lipinski definition) is 2. The zero-order valence-corrected chi connectivity index (χ0v) is 9.10. The molecule has 0 aliphatic heterocycles. The molecule has 0 saturated heterocycles. The summed E-state index contributed by atoms with van der Waals surface area (Å²) in [5, 5.41) is 3.09. The maximum Gasteiger partial charge on any atom is 0.441 e. The van der Waals surface area contributed by atoms with Crippen molar-refractivity contribution in [2.75, 3.05) is 18.8 Å². The molecule has 1 nitrogen and oxygen atoms in total. The number of halogens is 3. The van der Waals surface area contributed by atoms with Gasteiger partial charge in [-0.1, -0.05) is 6.92 Å². The summed E-state index contributed by atoms with van der Waals surface area (Å²) in [6.07, 6.45) is 3.58. The summed E-state index contributed by atoms with van der Waals surface area (Å²) in [5.41, 5.74) is -3.66. The highest BCUT2D eigenvalue weighted by molar-refractivity contribution is 8.00. The van der Waals surface area contributed by atoms with Crippen molar-refractivity contribution in [1.82, 2.24) is 5.32 Å². The molecule has 1 aliphatic carbocycles. The van der Waals surface area contributed by atoms with Crippen molar-refractivity contribution in [3.63, 3.8) is 0 Å². The predicted octanol–water partition coefficient (Wildman–Crippen LogP) is 3.02. The Kier molecular flexibility index (Phi) is 4.13. The molecule has 1 N–H and O–H groups in total. The van der Waals surface area contributed by atoms with Crippen molar-refractivity contribution in [1.29, 1.82) is 0 Å². The highest BCUT2D eigenvalue weighted by atomic mass is 32.2. The van der Waals surface area contributed by atoms with Crippen LogP contribution in [0.4, 0.5) is 13.2 Å². The van der Waals surface area contributed by atoms with Crippen LogP contribution in [0.5, 0.6) is 0 Å². The Morgan fingerprint density at radius 2 is 2.00 bits per heavy atom. The van der Waals surface area contributed by atoms with E-state index < -0.39 is 5.51 Å². The molecule has 1 rings (SSSR count). The van der Waals surface area contributed by atoms with Crippen LogP contribution in [0.15, 0.2) is 0 Å². The van der Waals surface area contributed by atoms with E-state index in [0.717, 1.165) is 13.0 Å². The maximum atomic E-state index is 11.7.